The highest BCUT2D eigenvalue weighted by molar-refractivity contribution is 5.93. The molecule has 1 aromatic carbocycles. The third kappa shape index (κ3) is 4.82. The molecular formula is C24H30ClN5O3. The summed E-state index contributed by atoms with van der Waals surface area (Å²) in [5.74, 6) is -0.517. The van der Waals surface area contributed by atoms with Gasteiger partial charge in [0, 0.05) is 51.2 Å². The zero-order valence-corrected chi connectivity index (χ0v) is 19.4. The maximum Gasteiger partial charge on any atom is 0.326 e. The first kappa shape index (κ1) is 23.4. The van der Waals surface area contributed by atoms with Crippen LogP contribution in [0.3, 0.4) is 0 Å². The standard InChI is InChI=1S/C24H29N5O3.ClH/c30-22(19-14-25-24(26-15-19)29-10-3-6-21(29)23(31)32)27-12-8-20(9-13-27)28-11-7-17-4-1-2-5-18(17)16-28;/h1-2,4-5,14-15,20-21H,3,6-13,16H2,(H,31,32);1H/t21-;/m1./s1. The summed E-state index contributed by atoms with van der Waals surface area (Å²) >= 11 is 0. The minimum atomic E-state index is -0.855. The molecule has 0 aliphatic carbocycles. The number of carboxylic acid groups (broad SMARTS) is 1. The molecule has 2 aromatic rings. The molecule has 1 amide bonds. The minimum absolute atomic E-state index is 0. The maximum atomic E-state index is 13.0. The van der Waals surface area contributed by atoms with E-state index in [4.69, 9.17) is 0 Å². The van der Waals surface area contributed by atoms with Gasteiger partial charge in [0.05, 0.1) is 5.56 Å². The van der Waals surface area contributed by atoms with Gasteiger partial charge in [-0.15, -0.1) is 12.4 Å². The van der Waals surface area contributed by atoms with Gasteiger partial charge >= 0.3 is 5.97 Å². The molecule has 1 aromatic heterocycles. The molecule has 5 rings (SSSR count). The topological polar surface area (TPSA) is 89.9 Å². The summed E-state index contributed by atoms with van der Waals surface area (Å²) in [6, 6.07) is 8.61. The van der Waals surface area contributed by atoms with Crippen molar-refractivity contribution < 1.29 is 14.7 Å². The lowest BCUT2D eigenvalue weighted by Gasteiger charge is -2.40. The number of hydrogen-bond donors (Lipinski definition) is 1. The summed E-state index contributed by atoms with van der Waals surface area (Å²) in [7, 11) is 0. The highest BCUT2D eigenvalue weighted by atomic mass is 35.5. The van der Waals surface area contributed by atoms with E-state index in [1.165, 1.54) is 23.5 Å². The van der Waals surface area contributed by atoms with Gasteiger partial charge in [-0.05, 0) is 43.2 Å². The molecule has 1 atom stereocenters. The van der Waals surface area contributed by atoms with Crippen LogP contribution in [0.5, 0.6) is 0 Å². The Morgan fingerprint density at radius 3 is 2.33 bits per heavy atom. The Hall–Kier alpha value is -2.71. The molecule has 3 aliphatic rings. The number of rotatable bonds is 4. The molecule has 0 bridgehead atoms. The van der Waals surface area contributed by atoms with E-state index < -0.39 is 12.0 Å². The van der Waals surface area contributed by atoms with Crippen molar-refractivity contribution in [1.82, 2.24) is 19.8 Å². The third-order valence-corrected chi connectivity index (χ3v) is 7.11. The van der Waals surface area contributed by atoms with Crippen LogP contribution in [-0.2, 0) is 17.8 Å². The van der Waals surface area contributed by atoms with E-state index in [9.17, 15) is 14.7 Å². The average molecular weight is 472 g/mol. The first-order valence-corrected chi connectivity index (χ1v) is 11.5. The van der Waals surface area contributed by atoms with Crippen LogP contribution < -0.4 is 4.90 Å². The monoisotopic (exact) mass is 471 g/mol. The van der Waals surface area contributed by atoms with Crippen molar-refractivity contribution in [2.24, 2.45) is 0 Å². The molecule has 176 valence electrons. The van der Waals surface area contributed by atoms with E-state index >= 15 is 0 Å². The fraction of sp³-hybridized carbons (Fsp3) is 0.500. The van der Waals surface area contributed by atoms with E-state index in [0.717, 1.165) is 51.9 Å². The average Bonchev–Trinajstić information content (AvgIpc) is 3.34. The number of aliphatic carboxylic acids is 1. The minimum Gasteiger partial charge on any atom is -0.480 e. The molecule has 2 fully saturated rings. The summed E-state index contributed by atoms with van der Waals surface area (Å²) in [6.45, 7) is 4.17. The van der Waals surface area contributed by atoms with Gasteiger partial charge < -0.3 is 14.9 Å². The number of carboxylic acids is 1. The Morgan fingerprint density at radius 2 is 1.64 bits per heavy atom. The summed E-state index contributed by atoms with van der Waals surface area (Å²) in [5, 5.41) is 9.36. The van der Waals surface area contributed by atoms with Crippen LogP contribution in [-0.4, -0.2) is 75.0 Å². The van der Waals surface area contributed by atoms with Gasteiger partial charge in [0.25, 0.3) is 5.91 Å². The smallest absolute Gasteiger partial charge is 0.326 e. The van der Waals surface area contributed by atoms with Crippen LogP contribution in [0.15, 0.2) is 36.7 Å². The van der Waals surface area contributed by atoms with Crippen molar-refractivity contribution in [1.29, 1.82) is 0 Å². The zero-order chi connectivity index (χ0) is 22.1. The normalized spacial score (nSPS) is 21.4. The highest BCUT2D eigenvalue weighted by Gasteiger charge is 2.33. The number of halogens is 1. The second-order valence-electron chi connectivity index (χ2n) is 8.97. The second-order valence-corrected chi connectivity index (χ2v) is 8.97. The Balaban J connectivity index is 0.00000259. The molecule has 4 heterocycles. The van der Waals surface area contributed by atoms with Crippen LogP contribution in [0.25, 0.3) is 0 Å². The van der Waals surface area contributed by atoms with E-state index in [2.05, 4.69) is 39.1 Å². The Morgan fingerprint density at radius 1 is 0.939 bits per heavy atom. The van der Waals surface area contributed by atoms with Gasteiger partial charge in [0.15, 0.2) is 0 Å². The van der Waals surface area contributed by atoms with Crippen LogP contribution in [0, 0.1) is 0 Å². The lowest BCUT2D eigenvalue weighted by atomic mass is 9.95. The van der Waals surface area contributed by atoms with Gasteiger partial charge in [-0.25, -0.2) is 14.8 Å². The number of amides is 1. The second kappa shape index (κ2) is 10.1. The Bertz CT molecular complexity index is 994. The van der Waals surface area contributed by atoms with E-state index in [0.29, 0.717) is 30.5 Å². The lowest BCUT2D eigenvalue weighted by molar-refractivity contribution is -0.138. The quantitative estimate of drug-likeness (QED) is 0.733. The van der Waals surface area contributed by atoms with Crippen molar-refractivity contribution in [3.8, 4) is 0 Å². The Kier molecular flexibility index (Phi) is 7.14. The highest BCUT2D eigenvalue weighted by Crippen LogP contribution is 2.26. The molecule has 0 saturated carbocycles. The molecule has 0 spiro atoms. The largest absolute Gasteiger partial charge is 0.480 e. The summed E-state index contributed by atoms with van der Waals surface area (Å²) in [6.07, 6.45) is 7.52. The van der Waals surface area contributed by atoms with Gasteiger partial charge in [-0.1, -0.05) is 24.3 Å². The van der Waals surface area contributed by atoms with Crippen molar-refractivity contribution in [3.05, 3.63) is 53.3 Å². The summed E-state index contributed by atoms with van der Waals surface area (Å²) in [4.78, 5) is 39.2. The van der Waals surface area contributed by atoms with Crippen molar-refractivity contribution in [2.45, 2.75) is 50.7 Å². The molecule has 8 nitrogen and oxygen atoms in total. The summed E-state index contributed by atoms with van der Waals surface area (Å²) in [5.41, 5.74) is 3.35. The zero-order valence-electron chi connectivity index (χ0n) is 18.6. The predicted molar refractivity (Wildman–Crippen MR) is 127 cm³/mol. The number of nitrogens with zero attached hydrogens (tertiary/aromatic N) is 5. The predicted octanol–water partition coefficient (Wildman–Crippen LogP) is 2.61. The molecule has 0 radical (unpaired) electrons. The summed E-state index contributed by atoms with van der Waals surface area (Å²) < 4.78 is 0. The molecule has 3 aliphatic heterocycles. The molecule has 33 heavy (non-hydrogen) atoms. The van der Waals surface area contributed by atoms with E-state index in [-0.39, 0.29) is 18.3 Å². The third-order valence-electron chi connectivity index (χ3n) is 7.11. The molecule has 2 saturated heterocycles. The Labute approximate surface area is 200 Å². The van der Waals surface area contributed by atoms with Crippen LogP contribution >= 0.6 is 12.4 Å². The van der Waals surface area contributed by atoms with Crippen LogP contribution in [0.2, 0.25) is 0 Å². The van der Waals surface area contributed by atoms with Gasteiger partial charge in [-0.3, -0.25) is 9.69 Å². The molecule has 1 N–H and O–H groups in total. The number of fused-ring (bicyclic) bond motifs is 1. The number of benzene rings is 1. The van der Waals surface area contributed by atoms with E-state index in [1.54, 1.807) is 4.90 Å². The van der Waals surface area contributed by atoms with Gasteiger partial charge in [-0.2, -0.15) is 0 Å². The van der Waals surface area contributed by atoms with E-state index in [1.807, 2.05) is 4.90 Å². The maximum absolute atomic E-state index is 13.0. The van der Waals surface area contributed by atoms with Gasteiger partial charge in [0.2, 0.25) is 5.95 Å². The van der Waals surface area contributed by atoms with Crippen molar-refractivity contribution in [2.75, 3.05) is 31.1 Å². The number of anilines is 1. The number of piperidine rings is 1. The number of aromatic nitrogens is 2. The lowest BCUT2D eigenvalue weighted by Crippen LogP contribution is -2.48. The SMILES string of the molecule is Cl.O=C(O)[C@H]1CCCN1c1ncc(C(=O)N2CCC(N3CCc4ccccc4C3)CC2)cn1. The fourth-order valence-corrected chi connectivity index (χ4v) is 5.29. The van der Waals surface area contributed by atoms with Gasteiger partial charge in [0.1, 0.15) is 6.04 Å². The first-order chi connectivity index (χ1) is 15.6. The first-order valence-electron chi connectivity index (χ1n) is 11.5. The van der Waals surface area contributed by atoms with Crippen LogP contribution in [0.1, 0.15) is 47.2 Å². The number of carbonyl (C=O) groups is 2. The molecule has 0 unspecified atom stereocenters. The van der Waals surface area contributed by atoms with Crippen molar-refractivity contribution >= 4 is 30.2 Å². The van der Waals surface area contributed by atoms with Crippen molar-refractivity contribution in [3.63, 3.8) is 0 Å². The fourth-order valence-electron chi connectivity index (χ4n) is 5.29. The number of likely N-dealkylation sites (tertiary alicyclic amines) is 1. The molecule has 9 heteroatoms. The number of hydrogen-bond acceptors (Lipinski definition) is 6. The van der Waals surface area contributed by atoms with Crippen LogP contribution in [0.4, 0.5) is 5.95 Å². The molecular weight excluding hydrogens is 442 g/mol. The number of carbonyl (C=O) groups excluding carboxylic acids is 1.